The van der Waals surface area contributed by atoms with E-state index in [-0.39, 0.29) is 18.5 Å². The van der Waals surface area contributed by atoms with E-state index >= 15 is 0 Å². The lowest BCUT2D eigenvalue weighted by atomic mass is 9.75. The van der Waals surface area contributed by atoms with Crippen LogP contribution in [0.15, 0.2) is 79.3 Å². The lowest BCUT2D eigenvalue weighted by molar-refractivity contribution is -0.123. The number of aromatic nitrogens is 2. The van der Waals surface area contributed by atoms with Gasteiger partial charge in [-0.25, -0.2) is 4.98 Å². The van der Waals surface area contributed by atoms with Crippen molar-refractivity contribution in [3.8, 4) is 0 Å². The lowest BCUT2D eigenvalue weighted by Crippen LogP contribution is -2.55. The molecule has 0 bridgehead atoms. The van der Waals surface area contributed by atoms with Crippen molar-refractivity contribution in [2.24, 2.45) is 0 Å². The summed E-state index contributed by atoms with van der Waals surface area (Å²) in [4.78, 5) is 33.4. The van der Waals surface area contributed by atoms with Gasteiger partial charge in [0.1, 0.15) is 11.7 Å². The van der Waals surface area contributed by atoms with Crippen molar-refractivity contribution < 1.29 is 19.6 Å². The summed E-state index contributed by atoms with van der Waals surface area (Å²) >= 11 is 0. The summed E-state index contributed by atoms with van der Waals surface area (Å²) in [7, 11) is -1.77. The third-order valence-corrected chi connectivity index (χ3v) is 4.69. The topological polar surface area (TPSA) is 124 Å². The van der Waals surface area contributed by atoms with Crippen LogP contribution in [-0.4, -0.2) is 50.9 Å². The Morgan fingerprint density at radius 3 is 2.03 bits per heavy atom. The number of nitrogens with zero attached hydrogens (tertiary/aromatic N) is 2. The zero-order chi connectivity index (χ0) is 22.1. The van der Waals surface area contributed by atoms with Crippen LogP contribution in [0.2, 0.25) is 0 Å². The molecule has 2 aromatic carbocycles. The van der Waals surface area contributed by atoms with E-state index in [2.05, 4.69) is 20.6 Å². The quantitative estimate of drug-likeness (QED) is 0.377. The number of nitrogens with one attached hydrogen (secondary N) is 2. The summed E-state index contributed by atoms with van der Waals surface area (Å²) < 4.78 is 0. The van der Waals surface area contributed by atoms with E-state index < -0.39 is 30.9 Å². The highest BCUT2D eigenvalue weighted by Crippen LogP contribution is 2.08. The predicted octanol–water partition coefficient (Wildman–Crippen LogP) is 0.557. The van der Waals surface area contributed by atoms with E-state index in [4.69, 9.17) is 0 Å². The van der Waals surface area contributed by atoms with Crippen molar-refractivity contribution in [2.75, 3.05) is 0 Å². The monoisotopic (exact) mass is 418 g/mol. The fraction of sp³-hybridized carbons (Fsp3) is 0.182. The molecule has 4 N–H and O–H groups in total. The number of carbonyl (C=O) groups excluding carboxylic acids is 2. The van der Waals surface area contributed by atoms with Crippen LogP contribution in [0, 0.1) is 0 Å². The Bertz CT molecular complexity index is 975. The second-order valence-corrected chi connectivity index (χ2v) is 7.02. The lowest BCUT2D eigenvalue weighted by Gasteiger charge is -2.23. The van der Waals surface area contributed by atoms with Gasteiger partial charge in [0.05, 0.1) is 12.1 Å². The molecule has 0 aliphatic rings. The van der Waals surface area contributed by atoms with Gasteiger partial charge in [0, 0.05) is 18.8 Å². The van der Waals surface area contributed by atoms with Gasteiger partial charge in [-0.2, -0.15) is 0 Å². The molecule has 0 radical (unpaired) electrons. The Kier molecular flexibility index (Phi) is 7.86. The molecule has 0 aliphatic heterocycles. The van der Waals surface area contributed by atoms with Crippen molar-refractivity contribution in [2.45, 2.75) is 24.8 Å². The minimum absolute atomic E-state index is 0.0800. The maximum absolute atomic E-state index is 13.0. The van der Waals surface area contributed by atoms with E-state index in [1.165, 1.54) is 18.6 Å². The zero-order valence-corrected chi connectivity index (χ0v) is 16.8. The van der Waals surface area contributed by atoms with Crippen LogP contribution in [0.3, 0.4) is 0 Å². The SMILES string of the molecule is O=C(N[C@@H](Cc1ccccc1)C(=O)N[C@@H](Cc1ccccc1)B(O)O)c1cnccn1. The Balaban J connectivity index is 1.76. The van der Waals surface area contributed by atoms with Crippen molar-refractivity contribution in [3.63, 3.8) is 0 Å². The van der Waals surface area contributed by atoms with Gasteiger partial charge in [0.15, 0.2) is 0 Å². The fourth-order valence-electron chi connectivity index (χ4n) is 3.09. The summed E-state index contributed by atoms with van der Waals surface area (Å²) in [5.74, 6) is -2.02. The highest BCUT2D eigenvalue weighted by molar-refractivity contribution is 6.43. The van der Waals surface area contributed by atoms with Crippen molar-refractivity contribution in [1.82, 2.24) is 20.6 Å². The first-order valence-electron chi connectivity index (χ1n) is 9.84. The molecule has 8 nitrogen and oxygen atoms in total. The molecule has 0 saturated heterocycles. The van der Waals surface area contributed by atoms with E-state index in [1.807, 2.05) is 60.7 Å². The zero-order valence-electron chi connectivity index (χ0n) is 16.8. The molecule has 0 spiro atoms. The third-order valence-electron chi connectivity index (χ3n) is 4.69. The summed E-state index contributed by atoms with van der Waals surface area (Å²) in [5.41, 5.74) is 1.76. The number of amides is 2. The predicted molar refractivity (Wildman–Crippen MR) is 116 cm³/mol. The average molecular weight is 418 g/mol. The number of hydrogen-bond donors (Lipinski definition) is 4. The third kappa shape index (κ3) is 6.73. The number of carbonyl (C=O) groups is 2. The summed E-state index contributed by atoms with van der Waals surface area (Å²) in [6.45, 7) is 0. The second kappa shape index (κ2) is 11.0. The summed E-state index contributed by atoms with van der Waals surface area (Å²) in [5, 5.41) is 24.9. The molecule has 3 rings (SSSR count). The molecular weight excluding hydrogens is 395 g/mol. The van der Waals surface area contributed by atoms with E-state index in [1.54, 1.807) is 0 Å². The fourth-order valence-corrected chi connectivity index (χ4v) is 3.09. The van der Waals surface area contributed by atoms with Crippen molar-refractivity contribution in [3.05, 3.63) is 96.1 Å². The maximum Gasteiger partial charge on any atom is 0.475 e. The Morgan fingerprint density at radius 1 is 0.871 bits per heavy atom. The molecule has 3 aromatic rings. The molecule has 2 atom stereocenters. The largest absolute Gasteiger partial charge is 0.475 e. The Hall–Kier alpha value is -3.56. The first kappa shape index (κ1) is 22.1. The Labute approximate surface area is 180 Å². The van der Waals surface area contributed by atoms with Crippen LogP contribution < -0.4 is 10.6 Å². The van der Waals surface area contributed by atoms with Gasteiger partial charge in [-0.1, -0.05) is 60.7 Å². The minimum atomic E-state index is -1.77. The van der Waals surface area contributed by atoms with Crippen LogP contribution >= 0.6 is 0 Å². The molecule has 0 unspecified atom stereocenters. The van der Waals surface area contributed by atoms with Gasteiger partial charge in [-0.3, -0.25) is 14.6 Å². The van der Waals surface area contributed by atoms with Gasteiger partial charge in [-0.05, 0) is 17.5 Å². The molecule has 158 valence electrons. The molecule has 1 aromatic heterocycles. The summed E-state index contributed by atoms with van der Waals surface area (Å²) in [6, 6.07) is 17.4. The highest BCUT2D eigenvalue weighted by Gasteiger charge is 2.30. The van der Waals surface area contributed by atoms with E-state index in [0.29, 0.717) is 0 Å². The normalized spacial score (nSPS) is 12.5. The van der Waals surface area contributed by atoms with Crippen LogP contribution in [0.4, 0.5) is 0 Å². The highest BCUT2D eigenvalue weighted by atomic mass is 16.4. The van der Waals surface area contributed by atoms with Gasteiger partial charge in [0.25, 0.3) is 5.91 Å². The molecule has 0 saturated carbocycles. The second-order valence-electron chi connectivity index (χ2n) is 7.02. The van der Waals surface area contributed by atoms with Gasteiger partial charge >= 0.3 is 7.12 Å². The molecular formula is C22H23BN4O4. The smallest absolute Gasteiger partial charge is 0.426 e. The summed E-state index contributed by atoms with van der Waals surface area (Å²) in [6.07, 6.45) is 4.59. The first-order valence-corrected chi connectivity index (χ1v) is 9.84. The van der Waals surface area contributed by atoms with Crippen LogP contribution in [0.25, 0.3) is 0 Å². The van der Waals surface area contributed by atoms with Gasteiger partial charge < -0.3 is 20.7 Å². The molecule has 0 aliphatic carbocycles. The van der Waals surface area contributed by atoms with Crippen LogP contribution in [0.1, 0.15) is 21.6 Å². The number of hydrogen-bond acceptors (Lipinski definition) is 6. The van der Waals surface area contributed by atoms with E-state index in [0.717, 1.165) is 11.1 Å². The maximum atomic E-state index is 13.0. The molecule has 31 heavy (non-hydrogen) atoms. The van der Waals surface area contributed by atoms with Crippen molar-refractivity contribution >= 4 is 18.9 Å². The van der Waals surface area contributed by atoms with E-state index in [9.17, 15) is 19.6 Å². The number of rotatable bonds is 9. The van der Waals surface area contributed by atoms with Crippen LogP contribution in [0.5, 0.6) is 0 Å². The molecule has 1 heterocycles. The number of benzene rings is 2. The van der Waals surface area contributed by atoms with Gasteiger partial charge in [0.2, 0.25) is 5.91 Å². The van der Waals surface area contributed by atoms with Crippen LogP contribution in [-0.2, 0) is 17.6 Å². The standard InChI is InChI=1S/C22H23BN4O4/c28-21(27-20(23(30)31)14-17-9-5-2-6-10-17)18(13-16-7-3-1-4-8-16)26-22(29)19-15-24-11-12-25-19/h1-12,15,18,20,30-31H,13-14H2,(H,26,29)(H,27,28)/t18-,20-/m0/s1. The average Bonchev–Trinajstić information content (AvgIpc) is 2.80. The van der Waals surface area contributed by atoms with Gasteiger partial charge in [-0.15, -0.1) is 0 Å². The minimum Gasteiger partial charge on any atom is -0.426 e. The first-order chi connectivity index (χ1) is 15.0. The molecule has 9 heteroatoms. The Morgan fingerprint density at radius 2 is 1.48 bits per heavy atom. The molecule has 0 fully saturated rings. The molecule has 2 amide bonds. The van der Waals surface area contributed by atoms with Crippen molar-refractivity contribution in [1.29, 1.82) is 0 Å².